The zero-order chi connectivity index (χ0) is 20.6. The van der Waals surface area contributed by atoms with Gasteiger partial charge < -0.3 is 15.0 Å². The summed E-state index contributed by atoms with van der Waals surface area (Å²) in [5.41, 5.74) is 0.990. The van der Waals surface area contributed by atoms with E-state index in [1.165, 1.54) is 41.7 Å². The number of carbonyl (C=O) groups excluding carboxylic acids is 1. The summed E-state index contributed by atoms with van der Waals surface area (Å²) in [5.74, 6) is -1.05. The number of fused-ring (bicyclic) bond motifs is 1. The van der Waals surface area contributed by atoms with Crippen LogP contribution in [0.1, 0.15) is 5.56 Å². The Bertz CT molecular complexity index is 1030. The predicted molar refractivity (Wildman–Crippen MR) is 100 cm³/mol. The van der Waals surface area contributed by atoms with E-state index < -0.39 is 6.36 Å². The van der Waals surface area contributed by atoms with Crippen molar-refractivity contribution in [2.45, 2.75) is 12.9 Å². The number of anilines is 1. The molecule has 2 aromatic carbocycles. The Labute approximate surface area is 166 Å². The highest BCUT2D eigenvalue weighted by Crippen LogP contribution is 2.33. The molecule has 29 heavy (non-hydrogen) atoms. The summed E-state index contributed by atoms with van der Waals surface area (Å²) in [7, 11) is 0. The van der Waals surface area contributed by atoms with Gasteiger partial charge in [-0.1, -0.05) is 29.5 Å². The lowest BCUT2D eigenvalue weighted by Crippen LogP contribution is -2.53. The van der Waals surface area contributed by atoms with Gasteiger partial charge in [-0.3, -0.25) is 4.79 Å². The Hall–Kier alpha value is -2.88. The quantitative estimate of drug-likeness (QED) is 0.626. The number of ether oxygens (including phenoxy) is 1. The van der Waals surface area contributed by atoms with Gasteiger partial charge in [-0.2, -0.15) is 0 Å². The van der Waals surface area contributed by atoms with Crippen LogP contribution in [0.5, 0.6) is 5.75 Å². The minimum atomic E-state index is -4.74. The van der Waals surface area contributed by atoms with Crippen LogP contribution in [-0.2, 0) is 11.3 Å². The number of carbonyl (C=O) groups is 1. The lowest BCUT2D eigenvalue weighted by atomic mass is 10.00. The third kappa shape index (κ3) is 4.42. The number of thiazole rings is 1. The molecule has 3 aromatic rings. The van der Waals surface area contributed by atoms with E-state index in [0.29, 0.717) is 29.3 Å². The van der Waals surface area contributed by atoms with Crippen LogP contribution in [0.4, 0.5) is 22.7 Å². The van der Waals surface area contributed by atoms with Crippen LogP contribution >= 0.6 is 11.3 Å². The minimum absolute atomic E-state index is 0.149. The molecule has 0 aliphatic carbocycles. The van der Waals surface area contributed by atoms with Crippen LogP contribution in [0, 0.1) is 11.7 Å². The van der Waals surface area contributed by atoms with Crippen molar-refractivity contribution in [1.29, 1.82) is 0 Å². The van der Waals surface area contributed by atoms with Crippen LogP contribution in [-0.4, -0.2) is 30.3 Å². The maximum Gasteiger partial charge on any atom is 0.573 e. The molecular formula is C19H15F4N3O2S. The van der Waals surface area contributed by atoms with Crippen molar-refractivity contribution in [2.75, 3.05) is 18.0 Å². The van der Waals surface area contributed by atoms with Crippen molar-refractivity contribution in [1.82, 2.24) is 10.3 Å². The van der Waals surface area contributed by atoms with E-state index in [1.807, 2.05) is 4.90 Å². The molecule has 0 atom stereocenters. The highest BCUT2D eigenvalue weighted by atomic mass is 32.1. The lowest BCUT2D eigenvalue weighted by Gasteiger charge is -2.37. The zero-order valence-electron chi connectivity index (χ0n) is 14.9. The summed E-state index contributed by atoms with van der Waals surface area (Å²) in [4.78, 5) is 18.5. The fourth-order valence-electron chi connectivity index (χ4n) is 2.98. The molecule has 0 spiro atoms. The standard InChI is InChI=1S/C19H15F4N3O2S/c20-14-2-1-3-15-16(14)25-18(29-15)26-9-12(10-26)17(27)24-8-11-4-6-13(7-5-11)28-19(21,22)23/h1-7,12H,8-10H2,(H,24,27). The van der Waals surface area contributed by atoms with E-state index in [0.717, 1.165) is 4.70 Å². The number of nitrogens with zero attached hydrogens (tertiary/aromatic N) is 2. The van der Waals surface area contributed by atoms with Gasteiger partial charge >= 0.3 is 6.36 Å². The molecule has 1 aliphatic rings. The van der Waals surface area contributed by atoms with Crippen molar-refractivity contribution >= 4 is 32.6 Å². The van der Waals surface area contributed by atoms with E-state index >= 15 is 0 Å². The molecule has 1 amide bonds. The SMILES string of the molecule is O=C(NCc1ccc(OC(F)(F)F)cc1)C1CN(c2nc3c(F)cccc3s2)C1. The van der Waals surface area contributed by atoms with Gasteiger partial charge in [0.05, 0.1) is 10.6 Å². The number of nitrogens with one attached hydrogen (secondary N) is 1. The number of aromatic nitrogens is 1. The highest BCUT2D eigenvalue weighted by Gasteiger charge is 2.34. The molecule has 1 fully saturated rings. The summed E-state index contributed by atoms with van der Waals surface area (Å²) in [6.45, 7) is 1.16. The minimum Gasteiger partial charge on any atom is -0.406 e. The third-order valence-electron chi connectivity index (χ3n) is 4.50. The Kier molecular flexibility index (Phi) is 5.03. The number of rotatable bonds is 5. The second kappa shape index (κ2) is 7.51. The predicted octanol–water partition coefficient (Wildman–Crippen LogP) is 4.09. The number of amides is 1. The third-order valence-corrected chi connectivity index (χ3v) is 5.59. The highest BCUT2D eigenvalue weighted by molar-refractivity contribution is 7.22. The lowest BCUT2D eigenvalue weighted by molar-refractivity contribution is -0.274. The summed E-state index contributed by atoms with van der Waals surface area (Å²) in [6, 6.07) is 10.1. The van der Waals surface area contributed by atoms with Gasteiger partial charge in [-0.15, -0.1) is 13.2 Å². The first-order valence-electron chi connectivity index (χ1n) is 8.71. The Balaban J connectivity index is 1.28. The largest absolute Gasteiger partial charge is 0.573 e. The van der Waals surface area contributed by atoms with Gasteiger partial charge in [0.15, 0.2) is 5.13 Å². The fourth-order valence-corrected chi connectivity index (χ4v) is 3.98. The van der Waals surface area contributed by atoms with E-state index in [1.54, 1.807) is 12.1 Å². The number of hydrogen-bond acceptors (Lipinski definition) is 5. The van der Waals surface area contributed by atoms with Crippen LogP contribution in [0.2, 0.25) is 0 Å². The van der Waals surface area contributed by atoms with Crippen LogP contribution in [0.3, 0.4) is 0 Å². The maximum absolute atomic E-state index is 13.8. The number of hydrogen-bond donors (Lipinski definition) is 1. The molecule has 0 radical (unpaired) electrons. The number of benzene rings is 2. The second-order valence-electron chi connectivity index (χ2n) is 6.59. The maximum atomic E-state index is 13.8. The van der Waals surface area contributed by atoms with E-state index in [-0.39, 0.29) is 29.9 Å². The molecule has 1 saturated heterocycles. The normalized spacial score (nSPS) is 14.7. The first kappa shape index (κ1) is 19.4. The molecule has 1 N–H and O–H groups in total. The Morgan fingerprint density at radius 2 is 1.93 bits per heavy atom. The van der Waals surface area contributed by atoms with Crippen LogP contribution in [0.25, 0.3) is 10.2 Å². The van der Waals surface area contributed by atoms with Gasteiger partial charge in [0, 0.05) is 19.6 Å². The topological polar surface area (TPSA) is 54.5 Å². The van der Waals surface area contributed by atoms with Gasteiger partial charge in [0.1, 0.15) is 17.1 Å². The summed E-state index contributed by atoms with van der Waals surface area (Å²) < 4.78 is 54.8. The molecule has 0 saturated carbocycles. The van der Waals surface area contributed by atoms with Gasteiger partial charge in [0.25, 0.3) is 0 Å². The Morgan fingerprint density at radius 1 is 1.21 bits per heavy atom. The molecule has 0 unspecified atom stereocenters. The summed E-state index contributed by atoms with van der Waals surface area (Å²) in [5, 5.41) is 3.45. The number of halogens is 4. The van der Waals surface area contributed by atoms with Crippen LogP contribution in [0.15, 0.2) is 42.5 Å². The molecule has 2 heterocycles. The first-order chi connectivity index (χ1) is 13.8. The zero-order valence-corrected chi connectivity index (χ0v) is 15.7. The van der Waals surface area contributed by atoms with Crippen LogP contribution < -0.4 is 15.0 Å². The molecule has 1 aliphatic heterocycles. The number of para-hydroxylation sites is 1. The smallest absolute Gasteiger partial charge is 0.406 e. The molecule has 5 nitrogen and oxygen atoms in total. The first-order valence-corrected chi connectivity index (χ1v) is 9.52. The Morgan fingerprint density at radius 3 is 2.59 bits per heavy atom. The average Bonchev–Trinajstić information content (AvgIpc) is 3.03. The molecule has 1 aromatic heterocycles. The molecule has 4 rings (SSSR count). The van der Waals surface area contributed by atoms with Crippen molar-refractivity contribution in [3.63, 3.8) is 0 Å². The van der Waals surface area contributed by atoms with Crippen molar-refractivity contribution in [3.8, 4) is 5.75 Å². The molecule has 10 heteroatoms. The van der Waals surface area contributed by atoms with Gasteiger partial charge in [-0.05, 0) is 29.8 Å². The average molecular weight is 425 g/mol. The molecular weight excluding hydrogens is 410 g/mol. The van der Waals surface area contributed by atoms with E-state index in [4.69, 9.17) is 0 Å². The van der Waals surface area contributed by atoms with E-state index in [9.17, 15) is 22.4 Å². The second-order valence-corrected chi connectivity index (χ2v) is 7.60. The van der Waals surface area contributed by atoms with Crippen molar-refractivity contribution < 1.29 is 27.1 Å². The summed E-state index contributed by atoms with van der Waals surface area (Å²) >= 11 is 1.38. The van der Waals surface area contributed by atoms with Gasteiger partial charge in [-0.25, -0.2) is 9.37 Å². The van der Waals surface area contributed by atoms with E-state index in [2.05, 4.69) is 15.0 Å². The molecule has 0 bridgehead atoms. The summed E-state index contributed by atoms with van der Waals surface area (Å²) in [6.07, 6.45) is -4.74. The van der Waals surface area contributed by atoms with Gasteiger partial charge in [0.2, 0.25) is 5.91 Å². The van der Waals surface area contributed by atoms with Crippen molar-refractivity contribution in [2.24, 2.45) is 5.92 Å². The van der Waals surface area contributed by atoms with Crippen molar-refractivity contribution in [3.05, 3.63) is 53.8 Å². The fraction of sp³-hybridized carbons (Fsp3) is 0.263. The monoisotopic (exact) mass is 425 g/mol. The number of alkyl halides is 3. The molecule has 152 valence electrons.